The highest BCUT2D eigenvalue weighted by molar-refractivity contribution is 8.00. The Morgan fingerprint density at radius 1 is 1.38 bits per heavy atom. The van der Waals surface area contributed by atoms with Gasteiger partial charge < -0.3 is 5.32 Å². The van der Waals surface area contributed by atoms with E-state index in [9.17, 15) is 4.79 Å². The van der Waals surface area contributed by atoms with E-state index in [0.29, 0.717) is 18.2 Å². The molecule has 1 saturated carbocycles. The van der Waals surface area contributed by atoms with Gasteiger partial charge in [0.1, 0.15) is 10.9 Å². The summed E-state index contributed by atoms with van der Waals surface area (Å²) in [5.41, 5.74) is 0.961. The number of benzene rings is 1. The molecule has 1 fully saturated rings. The highest BCUT2D eigenvalue weighted by Gasteiger charge is 2.27. The number of aromatic nitrogens is 2. The molecule has 0 bridgehead atoms. The molecule has 1 aliphatic carbocycles. The summed E-state index contributed by atoms with van der Waals surface area (Å²) < 4.78 is 0. The molecule has 1 aliphatic rings. The summed E-state index contributed by atoms with van der Waals surface area (Å²) in [6, 6.07) is 7.97. The normalized spacial score (nSPS) is 14.1. The number of carbonyl (C=O) groups excluding carboxylic acids is 1. The molecule has 1 amide bonds. The van der Waals surface area contributed by atoms with Crippen molar-refractivity contribution in [2.75, 3.05) is 12.3 Å². The Bertz CT molecular complexity index is 682. The van der Waals surface area contributed by atoms with Crippen LogP contribution < -0.4 is 5.32 Å². The van der Waals surface area contributed by atoms with E-state index in [4.69, 9.17) is 0 Å². The largest absolute Gasteiger partial charge is 0.352 e. The zero-order valence-electron chi connectivity index (χ0n) is 11.7. The summed E-state index contributed by atoms with van der Waals surface area (Å²) in [5.74, 6) is 1.78. The van der Waals surface area contributed by atoms with E-state index < -0.39 is 0 Å². The van der Waals surface area contributed by atoms with Crippen LogP contribution in [0.25, 0.3) is 10.9 Å². The van der Waals surface area contributed by atoms with Crippen LogP contribution in [0.2, 0.25) is 0 Å². The first-order valence-electron chi connectivity index (χ1n) is 7.05. The molecular weight excluding hydrogens is 282 g/mol. The topological polar surface area (TPSA) is 54.9 Å². The van der Waals surface area contributed by atoms with Crippen LogP contribution in [0.15, 0.2) is 41.9 Å². The molecule has 0 unspecified atom stereocenters. The number of fused-ring (bicyclic) bond motifs is 1. The number of rotatable bonds is 6. The van der Waals surface area contributed by atoms with Gasteiger partial charge >= 0.3 is 0 Å². The van der Waals surface area contributed by atoms with Crippen molar-refractivity contribution in [1.82, 2.24) is 15.3 Å². The second kappa shape index (κ2) is 6.26. The zero-order chi connectivity index (χ0) is 14.7. The summed E-state index contributed by atoms with van der Waals surface area (Å²) in [5, 5.41) is 4.70. The summed E-state index contributed by atoms with van der Waals surface area (Å²) in [4.78, 5) is 21.0. The average Bonchev–Trinajstić information content (AvgIpc) is 3.35. The quantitative estimate of drug-likeness (QED) is 0.506. The summed E-state index contributed by atoms with van der Waals surface area (Å²) in [6.07, 6.45) is 4.01. The van der Waals surface area contributed by atoms with Crippen LogP contribution in [-0.4, -0.2) is 28.2 Å². The van der Waals surface area contributed by atoms with Crippen LogP contribution in [-0.2, 0) is 4.79 Å². The van der Waals surface area contributed by atoms with Gasteiger partial charge in [-0.25, -0.2) is 9.97 Å². The van der Waals surface area contributed by atoms with Gasteiger partial charge in [-0.05, 0) is 18.9 Å². The lowest BCUT2D eigenvalue weighted by Gasteiger charge is -2.08. The minimum atomic E-state index is -0.00411. The Labute approximate surface area is 128 Å². The molecule has 4 nitrogen and oxygen atoms in total. The fourth-order valence-electron chi connectivity index (χ4n) is 2.07. The van der Waals surface area contributed by atoms with E-state index in [2.05, 4.69) is 21.9 Å². The highest BCUT2D eigenvalue weighted by Crippen LogP contribution is 2.39. The van der Waals surface area contributed by atoms with Gasteiger partial charge in [0.25, 0.3) is 0 Å². The van der Waals surface area contributed by atoms with Gasteiger partial charge in [0.2, 0.25) is 5.91 Å². The first-order valence-corrected chi connectivity index (χ1v) is 8.03. The standard InChI is InChI=1S/C16H17N3OS/c1-2-9-17-14(20)10-21-16-12-5-3-4-6-13(12)18-15(19-16)11-7-8-11/h2-6,11H,1,7-10H2,(H,17,20). The van der Waals surface area contributed by atoms with Crippen LogP contribution in [0, 0.1) is 0 Å². The third kappa shape index (κ3) is 3.42. The van der Waals surface area contributed by atoms with E-state index in [1.807, 2.05) is 24.3 Å². The molecule has 1 aromatic heterocycles. The average molecular weight is 299 g/mol. The van der Waals surface area contributed by atoms with E-state index in [0.717, 1.165) is 21.8 Å². The zero-order valence-corrected chi connectivity index (χ0v) is 12.5. The van der Waals surface area contributed by atoms with Crippen molar-refractivity contribution in [3.05, 3.63) is 42.7 Å². The summed E-state index contributed by atoms with van der Waals surface area (Å²) in [7, 11) is 0. The van der Waals surface area contributed by atoms with Crippen molar-refractivity contribution in [3.8, 4) is 0 Å². The first-order chi connectivity index (χ1) is 10.3. The molecule has 3 rings (SSSR count). The summed E-state index contributed by atoms with van der Waals surface area (Å²) in [6.45, 7) is 4.08. The van der Waals surface area contributed by atoms with Crippen LogP contribution in [0.3, 0.4) is 0 Å². The lowest BCUT2D eigenvalue weighted by atomic mass is 10.2. The Hall–Kier alpha value is -1.88. The molecule has 21 heavy (non-hydrogen) atoms. The molecule has 0 radical (unpaired) electrons. The Morgan fingerprint density at radius 3 is 2.95 bits per heavy atom. The second-order valence-corrected chi connectivity index (χ2v) is 6.02. The van der Waals surface area contributed by atoms with Gasteiger partial charge in [-0.1, -0.05) is 36.0 Å². The maximum Gasteiger partial charge on any atom is 0.230 e. The Morgan fingerprint density at radius 2 is 2.19 bits per heavy atom. The minimum Gasteiger partial charge on any atom is -0.352 e. The van der Waals surface area contributed by atoms with Crippen LogP contribution >= 0.6 is 11.8 Å². The molecule has 5 heteroatoms. The molecule has 108 valence electrons. The predicted molar refractivity (Wildman–Crippen MR) is 85.4 cm³/mol. The summed E-state index contributed by atoms with van der Waals surface area (Å²) >= 11 is 1.47. The van der Waals surface area contributed by atoms with Gasteiger partial charge in [-0.3, -0.25) is 4.79 Å². The lowest BCUT2D eigenvalue weighted by Crippen LogP contribution is -2.25. The van der Waals surface area contributed by atoms with Gasteiger partial charge in [0.05, 0.1) is 11.3 Å². The SMILES string of the molecule is C=CCNC(=O)CSc1nc(C2CC2)nc2ccccc12. The van der Waals surface area contributed by atoms with Gasteiger partial charge in [-0.2, -0.15) is 0 Å². The van der Waals surface area contributed by atoms with Crippen LogP contribution in [0.5, 0.6) is 0 Å². The molecule has 0 atom stereocenters. The number of amides is 1. The molecule has 0 spiro atoms. The molecule has 1 heterocycles. The second-order valence-electron chi connectivity index (χ2n) is 5.06. The third-order valence-corrected chi connectivity index (χ3v) is 4.30. The van der Waals surface area contributed by atoms with Crippen molar-refractivity contribution in [2.45, 2.75) is 23.8 Å². The Kier molecular flexibility index (Phi) is 4.20. The fraction of sp³-hybridized carbons (Fsp3) is 0.312. The van der Waals surface area contributed by atoms with Crippen molar-refractivity contribution >= 4 is 28.6 Å². The number of carbonyl (C=O) groups is 1. The number of para-hydroxylation sites is 1. The number of thioether (sulfide) groups is 1. The fourth-order valence-corrected chi connectivity index (χ4v) is 2.93. The molecule has 1 aromatic carbocycles. The van der Waals surface area contributed by atoms with Gasteiger partial charge in [0.15, 0.2) is 0 Å². The van der Waals surface area contributed by atoms with E-state index in [-0.39, 0.29) is 5.91 Å². The highest BCUT2D eigenvalue weighted by atomic mass is 32.2. The van der Waals surface area contributed by atoms with Crippen LogP contribution in [0.4, 0.5) is 0 Å². The number of hydrogen-bond acceptors (Lipinski definition) is 4. The first kappa shape index (κ1) is 14.1. The molecular formula is C16H17N3OS. The predicted octanol–water partition coefficient (Wildman–Crippen LogP) is 2.90. The number of nitrogens with zero attached hydrogens (tertiary/aromatic N) is 2. The minimum absolute atomic E-state index is 0.00411. The number of nitrogens with one attached hydrogen (secondary N) is 1. The van der Waals surface area contributed by atoms with E-state index >= 15 is 0 Å². The third-order valence-electron chi connectivity index (χ3n) is 3.31. The molecule has 1 N–H and O–H groups in total. The van der Waals surface area contributed by atoms with Gasteiger partial charge in [-0.15, -0.1) is 6.58 Å². The maximum atomic E-state index is 11.7. The van der Waals surface area contributed by atoms with Crippen molar-refractivity contribution in [1.29, 1.82) is 0 Å². The van der Waals surface area contributed by atoms with E-state index in [1.165, 1.54) is 24.6 Å². The van der Waals surface area contributed by atoms with Crippen molar-refractivity contribution in [3.63, 3.8) is 0 Å². The number of hydrogen-bond donors (Lipinski definition) is 1. The van der Waals surface area contributed by atoms with E-state index in [1.54, 1.807) is 6.08 Å². The monoisotopic (exact) mass is 299 g/mol. The molecule has 0 aliphatic heterocycles. The van der Waals surface area contributed by atoms with Crippen LogP contribution in [0.1, 0.15) is 24.6 Å². The smallest absolute Gasteiger partial charge is 0.230 e. The molecule has 0 saturated heterocycles. The van der Waals surface area contributed by atoms with Crippen molar-refractivity contribution < 1.29 is 4.79 Å². The van der Waals surface area contributed by atoms with Crippen molar-refractivity contribution in [2.24, 2.45) is 0 Å². The molecule has 2 aromatic rings. The Balaban J connectivity index is 1.82. The maximum absolute atomic E-state index is 11.7. The lowest BCUT2D eigenvalue weighted by molar-refractivity contribution is -0.118. The van der Waals surface area contributed by atoms with Gasteiger partial charge in [0, 0.05) is 17.8 Å².